The van der Waals surface area contributed by atoms with Gasteiger partial charge in [0.2, 0.25) is 0 Å². The smallest absolute Gasteiger partial charge is 0.341 e. The van der Waals surface area contributed by atoms with E-state index in [1.54, 1.807) is 0 Å². The van der Waals surface area contributed by atoms with Crippen LogP contribution in [-0.4, -0.2) is 18.0 Å². The van der Waals surface area contributed by atoms with Crippen molar-refractivity contribution in [1.29, 1.82) is 5.26 Å². The van der Waals surface area contributed by atoms with Gasteiger partial charge in [0.25, 0.3) is 5.91 Å². The minimum Gasteiger partial charge on any atom is -0.449 e. The number of rotatable bonds is 4. The summed E-state index contributed by atoms with van der Waals surface area (Å²) in [6.07, 6.45) is -1.07. The molecule has 0 aromatic heterocycles. The quantitative estimate of drug-likeness (QED) is 0.624. The predicted molar refractivity (Wildman–Crippen MR) is 95.5 cm³/mol. The topological polar surface area (TPSA) is 105 Å². The summed E-state index contributed by atoms with van der Waals surface area (Å²) in [5.41, 5.74) is 6.65. The first-order valence-electron chi connectivity index (χ1n) is 7.08. The Kier molecular flexibility index (Phi) is 5.86. The summed E-state index contributed by atoms with van der Waals surface area (Å²) in [6, 6.07) is 10.7. The number of nitrogens with zero attached hydrogens (tertiary/aromatic N) is 1. The van der Waals surface area contributed by atoms with Gasteiger partial charge in [-0.15, -0.1) is 0 Å². The van der Waals surface area contributed by atoms with E-state index in [4.69, 9.17) is 38.9 Å². The molecule has 0 bridgehead atoms. The van der Waals surface area contributed by atoms with Crippen LogP contribution in [-0.2, 0) is 9.53 Å². The summed E-state index contributed by atoms with van der Waals surface area (Å²) < 4.78 is 5.11. The lowest BCUT2D eigenvalue weighted by Crippen LogP contribution is -2.30. The highest BCUT2D eigenvalue weighted by Crippen LogP contribution is 2.21. The van der Waals surface area contributed by atoms with E-state index < -0.39 is 18.0 Å². The lowest BCUT2D eigenvalue weighted by atomic mass is 10.2. The Morgan fingerprint density at radius 2 is 1.96 bits per heavy atom. The zero-order valence-corrected chi connectivity index (χ0v) is 14.6. The van der Waals surface area contributed by atoms with Crippen molar-refractivity contribution in [3.63, 3.8) is 0 Å². The van der Waals surface area contributed by atoms with Crippen LogP contribution in [0.5, 0.6) is 0 Å². The highest BCUT2D eigenvalue weighted by molar-refractivity contribution is 6.32. The molecular formula is C17H13Cl2N3O3. The third-order valence-electron chi connectivity index (χ3n) is 3.24. The number of nitriles is 1. The fourth-order valence-corrected chi connectivity index (χ4v) is 2.33. The van der Waals surface area contributed by atoms with Crippen molar-refractivity contribution in [2.45, 2.75) is 13.0 Å². The average molecular weight is 378 g/mol. The van der Waals surface area contributed by atoms with Gasteiger partial charge < -0.3 is 15.8 Å². The number of carbonyl (C=O) groups is 2. The molecule has 2 aromatic carbocycles. The molecule has 6 nitrogen and oxygen atoms in total. The number of nitrogen functional groups attached to an aromatic ring is 1. The molecular weight excluding hydrogens is 365 g/mol. The van der Waals surface area contributed by atoms with E-state index >= 15 is 0 Å². The lowest BCUT2D eigenvalue weighted by Gasteiger charge is -2.14. The van der Waals surface area contributed by atoms with Gasteiger partial charge >= 0.3 is 5.97 Å². The van der Waals surface area contributed by atoms with Gasteiger partial charge in [-0.25, -0.2) is 4.79 Å². The number of esters is 1. The van der Waals surface area contributed by atoms with E-state index in [0.717, 1.165) is 0 Å². The first kappa shape index (κ1) is 18.6. The molecule has 1 atom stereocenters. The summed E-state index contributed by atoms with van der Waals surface area (Å²) in [7, 11) is 0. The Balaban J connectivity index is 2.04. The highest BCUT2D eigenvalue weighted by atomic mass is 35.5. The number of hydrogen-bond donors (Lipinski definition) is 2. The highest BCUT2D eigenvalue weighted by Gasteiger charge is 2.20. The van der Waals surface area contributed by atoms with Crippen LogP contribution in [0.25, 0.3) is 0 Å². The minimum absolute atomic E-state index is 0.116. The van der Waals surface area contributed by atoms with Gasteiger partial charge in [-0.2, -0.15) is 5.26 Å². The third kappa shape index (κ3) is 4.63. The summed E-state index contributed by atoms with van der Waals surface area (Å²) in [5, 5.41) is 12.0. The average Bonchev–Trinajstić information content (AvgIpc) is 2.54. The van der Waals surface area contributed by atoms with E-state index in [2.05, 4.69) is 5.32 Å². The maximum atomic E-state index is 12.1. The second-order valence-corrected chi connectivity index (χ2v) is 5.92. The largest absolute Gasteiger partial charge is 0.449 e. The number of ether oxygens (including phenoxy) is 1. The number of halogens is 2. The normalized spacial score (nSPS) is 11.3. The van der Waals surface area contributed by atoms with Crippen molar-refractivity contribution < 1.29 is 14.3 Å². The Hall–Kier alpha value is -2.75. The molecule has 0 unspecified atom stereocenters. The molecule has 2 rings (SSSR count). The fraction of sp³-hybridized carbons (Fsp3) is 0.118. The van der Waals surface area contributed by atoms with Crippen molar-refractivity contribution in [2.75, 3.05) is 11.1 Å². The van der Waals surface area contributed by atoms with Gasteiger partial charge in [-0.05, 0) is 43.3 Å². The minimum atomic E-state index is -1.07. The Bertz CT molecular complexity index is 878. The number of anilines is 2. The van der Waals surface area contributed by atoms with E-state index in [1.807, 2.05) is 6.07 Å². The van der Waals surface area contributed by atoms with Crippen LogP contribution in [0.2, 0.25) is 10.0 Å². The summed E-state index contributed by atoms with van der Waals surface area (Å²) in [4.78, 5) is 24.2. The number of carbonyl (C=O) groups excluding carboxylic acids is 2. The standard InChI is InChI=1S/C17H13Cl2N3O3/c1-9(25-17(24)13-5-3-11(18)6-15(13)21)16(23)22-12-4-2-10(8-20)14(19)7-12/h2-7,9H,21H2,1H3,(H,22,23)/t9-/m0/s1. The number of nitrogens with one attached hydrogen (secondary N) is 1. The summed E-state index contributed by atoms with van der Waals surface area (Å²) >= 11 is 11.7. The molecule has 25 heavy (non-hydrogen) atoms. The number of nitrogens with two attached hydrogens (primary N) is 1. The zero-order chi connectivity index (χ0) is 18.6. The second-order valence-electron chi connectivity index (χ2n) is 5.07. The van der Waals surface area contributed by atoms with Crippen LogP contribution in [0.1, 0.15) is 22.8 Å². The summed E-state index contributed by atoms with van der Waals surface area (Å²) in [6.45, 7) is 1.42. The van der Waals surface area contributed by atoms with Gasteiger partial charge in [0.05, 0.1) is 16.1 Å². The van der Waals surface area contributed by atoms with E-state index in [1.165, 1.54) is 43.3 Å². The van der Waals surface area contributed by atoms with Crippen LogP contribution < -0.4 is 11.1 Å². The second kappa shape index (κ2) is 7.88. The molecule has 0 aliphatic heterocycles. The van der Waals surface area contributed by atoms with E-state index in [0.29, 0.717) is 10.7 Å². The maximum Gasteiger partial charge on any atom is 0.341 e. The van der Waals surface area contributed by atoms with Crippen molar-refractivity contribution >= 4 is 46.5 Å². The number of benzene rings is 2. The van der Waals surface area contributed by atoms with E-state index in [-0.39, 0.29) is 21.8 Å². The SMILES string of the molecule is C[C@H](OC(=O)c1ccc(Cl)cc1N)C(=O)Nc1ccc(C#N)c(Cl)c1. The van der Waals surface area contributed by atoms with Gasteiger partial charge in [0.1, 0.15) is 6.07 Å². The maximum absolute atomic E-state index is 12.1. The predicted octanol–water partition coefficient (Wildman–Crippen LogP) is 3.63. The van der Waals surface area contributed by atoms with Crippen LogP contribution in [0.4, 0.5) is 11.4 Å². The Labute approximate surface area is 154 Å². The number of hydrogen-bond acceptors (Lipinski definition) is 5. The molecule has 0 heterocycles. The van der Waals surface area contributed by atoms with Crippen LogP contribution >= 0.6 is 23.2 Å². The molecule has 0 saturated carbocycles. The molecule has 128 valence electrons. The third-order valence-corrected chi connectivity index (χ3v) is 3.79. The fourth-order valence-electron chi connectivity index (χ4n) is 1.92. The molecule has 0 spiro atoms. The summed E-state index contributed by atoms with van der Waals surface area (Å²) in [5.74, 6) is -1.30. The molecule has 0 aliphatic carbocycles. The molecule has 0 radical (unpaired) electrons. The van der Waals surface area contributed by atoms with Crippen molar-refractivity contribution in [3.05, 3.63) is 57.6 Å². The van der Waals surface area contributed by atoms with Crippen molar-refractivity contribution in [2.24, 2.45) is 0 Å². The molecule has 3 N–H and O–H groups in total. The molecule has 0 aliphatic rings. The first-order valence-corrected chi connectivity index (χ1v) is 7.84. The Morgan fingerprint density at radius 1 is 1.24 bits per heavy atom. The monoisotopic (exact) mass is 377 g/mol. The van der Waals surface area contributed by atoms with Crippen LogP contribution in [0, 0.1) is 11.3 Å². The van der Waals surface area contributed by atoms with Gasteiger partial charge in [-0.1, -0.05) is 23.2 Å². The van der Waals surface area contributed by atoms with Crippen LogP contribution in [0.3, 0.4) is 0 Å². The van der Waals surface area contributed by atoms with Crippen LogP contribution in [0.15, 0.2) is 36.4 Å². The molecule has 2 aromatic rings. The molecule has 0 fully saturated rings. The lowest BCUT2D eigenvalue weighted by molar-refractivity contribution is -0.123. The molecule has 1 amide bonds. The first-order chi connectivity index (χ1) is 11.8. The zero-order valence-electron chi connectivity index (χ0n) is 13.0. The van der Waals surface area contributed by atoms with Gasteiger partial charge in [0, 0.05) is 16.4 Å². The molecule has 8 heteroatoms. The van der Waals surface area contributed by atoms with Gasteiger partial charge in [-0.3, -0.25) is 4.79 Å². The van der Waals surface area contributed by atoms with E-state index in [9.17, 15) is 9.59 Å². The van der Waals surface area contributed by atoms with Gasteiger partial charge in [0.15, 0.2) is 6.10 Å². The number of amides is 1. The van der Waals surface area contributed by atoms with Crippen molar-refractivity contribution in [3.8, 4) is 6.07 Å². The Morgan fingerprint density at radius 3 is 2.56 bits per heavy atom. The van der Waals surface area contributed by atoms with Crippen molar-refractivity contribution in [1.82, 2.24) is 0 Å². The molecule has 0 saturated heterocycles.